The van der Waals surface area contributed by atoms with Crippen molar-refractivity contribution in [3.63, 3.8) is 0 Å². The normalized spacial score (nSPS) is 17.9. The largest absolute Gasteiger partial charge is 0.337 e. The Hall–Kier alpha value is -2.61. The number of rotatable bonds is 2. The van der Waals surface area contributed by atoms with Crippen molar-refractivity contribution in [2.75, 3.05) is 4.90 Å². The van der Waals surface area contributed by atoms with E-state index in [0.29, 0.717) is 6.04 Å². The summed E-state index contributed by atoms with van der Waals surface area (Å²) < 4.78 is 2.33. The van der Waals surface area contributed by atoms with E-state index in [0.717, 1.165) is 0 Å². The van der Waals surface area contributed by atoms with Gasteiger partial charge in [0.15, 0.2) is 11.9 Å². The maximum atomic E-state index is 2.57. The minimum atomic E-state index is 0.0679. The fourth-order valence-corrected chi connectivity index (χ4v) is 4.74. The Bertz CT molecular complexity index is 1100. The first kappa shape index (κ1) is 20.7. The van der Waals surface area contributed by atoms with E-state index in [1.807, 2.05) is 0 Å². The molecule has 3 aromatic rings. The second-order valence-corrected chi connectivity index (χ2v) is 10.4. The minimum absolute atomic E-state index is 0.0679. The van der Waals surface area contributed by atoms with Gasteiger partial charge in [0, 0.05) is 47.8 Å². The quantitative estimate of drug-likeness (QED) is 0.435. The van der Waals surface area contributed by atoms with Crippen LogP contribution in [-0.2, 0) is 10.8 Å². The number of aromatic nitrogens is 1. The molecule has 2 nitrogen and oxygen atoms in total. The van der Waals surface area contributed by atoms with Crippen molar-refractivity contribution in [1.29, 1.82) is 0 Å². The first-order valence-electron chi connectivity index (χ1n) is 11.0. The van der Waals surface area contributed by atoms with Crippen LogP contribution in [0.3, 0.4) is 0 Å². The highest BCUT2D eigenvalue weighted by molar-refractivity contribution is 5.77. The Labute approximate surface area is 182 Å². The van der Waals surface area contributed by atoms with E-state index in [1.54, 1.807) is 0 Å². The van der Waals surface area contributed by atoms with Gasteiger partial charge in [-0.2, -0.15) is 4.57 Å². The average molecular weight is 400 g/mol. The second-order valence-electron chi connectivity index (χ2n) is 10.4. The van der Waals surface area contributed by atoms with Gasteiger partial charge in [-0.05, 0) is 42.5 Å². The number of anilines is 2. The van der Waals surface area contributed by atoms with Crippen molar-refractivity contribution in [3.8, 4) is 5.69 Å². The molecule has 0 aliphatic carbocycles. The average Bonchev–Trinajstić information content (AvgIpc) is 2.88. The minimum Gasteiger partial charge on any atom is -0.337 e. The number of aryl methyl sites for hydroxylation is 1. The van der Waals surface area contributed by atoms with Gasteiger partial charge < -0.3 is 4.90 Å². The number of hydrogen-bond acceptors (Lipinski definition) is 1. The molecule has 2 aromatic carbocycles. The molecule has 0 saturated heterocycles. The van der Waals surface area contributed by atoms with E-state index in [-0.39, 0.29) is 10.8 Å². The standard InChI is InChI=1S/C28H35N2/c1-19-13-11-12-16-29(19)25-17-22(27(4,5)6)18-26(20(25)2)30-21(3)28(7,8)23-14-9-10-15-24(23)30/h9-18,21H,1-8H3/q+1/t21-/m1/s1. The van der Waals surface area contributed by atoms with E-state index in [9.17, 15) is 0 Å². The third-order valence-corrected chi connectivity index (χ3v) is 7.09. The molecule has 1 aliphatic heterocycles. The Balaban J connectivity index is 2.02. The lowest BCUT2D eigenvalue weighted by molar-refractivity contribution is -0.603. The summed E-state index contributed by atoms with van der Waals surface area (Å²) in [5.41, 5.74) is 9.45. The number of benzene rings is 2. The van der Waals surface area contributed by atoms with Crippen LogP contribution < -0.4 is 9.47 Å². The summed E-state index contributed by atoms with van der Waals surface area (Å²) in [5.74, 6) is 0. The van der Waals surface area contributed by atoms with Crippen LogP contribution >= 0.6 is 0 Å². The van der Waals surface area contributed by atoms with E-state index >= 15 is 0 Å². The molecule has 0 N–H and O–H groups in total. The zero-order chi connectivity index (χ0) is 21.8. The number of pyridine rings is 1. The maximum Gasteiger partial charge on any atom is 0.216 e. The summed E-state index contributed by atoms with van der Waals surface area (Å²) in [6, 6.07) is 20.5. The molecule has 0 bridgehead atoms. The van der Waals surface area contributed by atoms with Gasteiger partial charge in [0.1, 0.15) is 0 Å². The van der Waals surface area contributed by atoms with Crippen molar-refractivity contribution < 1.29 is 4.57 Å². The van der Waals surface area contributed by atoms with E-state index in [1.165, 1.54) is 39.4 Å². The lowest BCUT2D eigenvalue weighted by Crippen LogP contribution is -2.38. The van der Waals surface area contributed by atoms with Crippen LogP contribution in [0.2, 0.25) is 0 Å². The molecule has 0 fully saturated rings. The van der Waals surface area contributed by atoms with Crippen LogP contribution in [0.1, 0.15) is 63.9 Å². The van der Waals surface area contributed by atoms with Crippen molar-refractivity contribution in [2.45, 2.75) is 72.3 Å². The van der Waals surface area contributed by atoms with E-state index < -0.39 is 0 Å². The summed E-state index contributed by atoms with van der Waals surface area (Å²) in [4.78, 5) is 2.57. The molecule has 30 heavy (non-hydrogen) atoms. The smallest absolute Gasteiger partial charge is 0.216 e. The van der Waals surface area contributed by atoms with Crippen molar-refractivity contribution in [2.24, 2.45) is 0 Å². The van der Waals surface area contributed by atoms with Crippen LogP contribution in [0.4, 0.5) is 11.4 Å². The van der Waals surface area contributed by atoms with Crippen LogP contribution in [0.5, 0.6) is 0 Å². The number of nitrogens with zero attached hydrogens (tertiary/aromatic N) is 2. The number of hydrogen-bond donors (Lipinski definition) is 0. The second kappa shape index (κ2) is 6.97. The summed E-state index contributed by atoms with van der Waals surface area (Å²) in [7, 11) is 0. The molecule has 1 aromatic heterocycles. The number of para-hydroxylation sites is 1. The topological polar surface area (TPSA) is 7.12 Å². The first-order valence-corrected chi connectivity index (χ1v) is 11.0. The molecule has 0 radical (unpaired) electrons. The highest BCUT2D eigenvalue weighted by Crippen LogP contribution is 2.50. The zero-order valence-corrected chi connectivity index (χ0v) is 19.7. The van der Waals surface area contributed by atoms with Crippen LogP contribution in [-0.4, -0.2) is 6.04 Å². The molecule has 1 aliphatic rings. The van der Waals surface area contributed by atoms with Gasteiger partial charge in [-0.1, -0.05) is 58.9 Å². The Morgan fingerprint density at radius 1 is 0.900 bits per heavy atom. The van der Waals surface area contributed by atoms with Crippen LogP contribution in [0.25, 0.3) is 5.69 Å². The molecule has 1 atom stereocenters. The Morgan fingerprint density at radius 2 is 1.57 bits per heavy atom. The molecule has 2 heteroatoms. The van der Waals surface area contributed by atoms with Crippen LogP contribution in [0, 0.1) is 13.8 Å². The summed E-state index contributed by atoms with van der Waals surface area (Å²) >= 11 is 0. The predicted octanol–water partition coefficient (Wildman–Crippen LogP) is 6.70. The van der Waals surface area contributed by atoms with Gasteiger partial charge in [-0.15, -0.1) is 0 Å². The highest BCUT2D eigenvalue weighted by Gasteiger charge is 2.43. The highest BCUT2D eigenvalue weighted by atomic mass is 15.2. The SMILES string of the molecule is Cc1c(N2c3ccccc3C(C)(C)[C@H]2C)cc(C(C)(C)C)cc1-[n+]1ccccc1C. The fraction of sp³-hybridized carbons (Fsp3) is 0.393. The molecule has 0 amide bonds. The monoisotopic (exact) mass is 399 g/mol. The molecule has 0 saturated carbocycles. The predicted molar refractivity (Wildman–Crippen MR) is 127 cm³/mol. The summed E-state index contributed by atoms with van der Waals surface area (Å²) in [6.07, 6.45) is 2.18. The van der Waals surface area contributed by atoms with Crippen molar-refractivity contribution in [1.82, 2.24) is 0 Å². The summed E-state index contributed by atoms with van der Waals surface area (Å²) in [5, 5.41) is 0. The molecule has 2 heterocycles. The number of fused-ring (bicyclic) bond motifs is 1. The maximum absolute atomic E-state index is 2.57. The van der Waals surface area contributed by atoms with E-state index in [2.05, 4.69) is 126 Å². The van der Waals surface area contributed by atoms with Crippen molar-refractivity contribution in [3.05, 3.63) is 83.2 Å². The third kappa shape index (κ3) is 3.14. The molecular weight excluding hydrogens is 364 g/mol. The Morgan fingerprint density at radius 3 is 2.23 bits per heavy atom. The van der Waals surface area contributed by atoms with Gasteiger partial charge in [0.2, 0.25) is 5.69 Å². The third-order valence-electron chi connectivity index (χ3n) is 7.09. The fourth-order valence-electron chi connectivity index (χ4n) is 4.74. The Kier molecular flexibility index (Phi) is 4.80. The molecular formula is C28H35N2+. The summed E-state index contributed by atoms with van der Waals surface area (Å²) in [6.45, 7) is 18.5. The lowest BCUT2D eigenvalue weighted by atomic mass is 9.81. The van der Waals surface area contributed by atoms with Gasteiger partial charge in [0.05, 0.1) is 5.69 Å². The molecule has 0 unspecified atom stereocenters. The first-order chi connectivity index (χ1) is 14.0. The lowest BCUT2D eigenvalue weighted by Gasteiger charge is -2.33. The van der Waals surface area contributed by atoms with E-state index in [4.69, 9.17) is 0 Å². The van der Waals surface area contributed by atoms with Gasteiger partial charge in [-0.3, -0.25) is 0 Å². The zero-order valence-electron chi connectivity index (χ0n) is 19.7. The molecule has 156 valence electrons. The van der Waals surface area contributed by atoms with Crippen molar-refractivity contribution >= 4 is 11.4 Å². The van der Waals surface area contributed by atoms with Crippen LogP contribution in [0.15, 0.2) is 60.8 Å². The molecule has 4 rings (SSSR count). The molecule has 0 spiro atoms. The van der Waals surface area contributed by atoms with Gasteiger partial charge in [0.25, 0.3) is 0 Å². The van der Waals surface area contributed by atoms with Gasteiger partial charge in [-0.25, -0.2) is 0 Å². The van der Waals surface area contributed by atoms with Gasteiger partial charge >= 0.3 is 0 Å².